The number of amides is 1. The van der Waals surface area contributed by atoms with E-state index in [9.17, 15) is 4.79 Å². The van der Waals surface area contributed by atoms with E-state index in [0.717, 1.165) is 67.5 Å². The van der Waals surface area contributed by atoms with Crippen molar-refractivity contribution < 1.29 is 9.53 Å². The van der Waals surface area contributed by atoms with Gasteiger partial charge >= 0.3 is 0 Å². The number of piperazine rings is 1. The van der Waals surface area contributed by atoms with Crippen molar-refractivity contribution in [2.24, 2.45) is 0 Å². The van der Waals surface area contributed by atoms with Crippen LogP contribution >= 0.6 is 11.3 Å². The maximum Gasteiger partial charge on any atom is 0.264 e. The van der Waals surface area contributed by atoms with Gasteiger partial charge in [0.05, 0.1) is 11.5 Å². The topological polar surface area (TPSA) is 32.8 Å². The number of hydrogen-bond donors (Lipinski definition) is 0. The highest BCUT2D eigenvalue weighted by Crippen LogP contribution is 2.30. The predicted molar refractivity (Wildman–Crippen MR) is 117 cm³/mol. The SMILES string of the molecule is O=C(c1sccc1-c1ccccc1)N1CCN(Cc2ccc3c(c2)CCO3)CC1. The fourth-order valence-corrected chi connectivity index (χ4v) is 5.05. The average Bonchev–Trinajstić information content (AvgIpc) is 3.44. The second-order valence-electron chi connectivity index (χ2n) is 7.64. The van der Waals surface area contributed by atoms with Crippen LogP contribution in [-0.4, -0.2) is 48.5 Å². The van der Waals surface area contributed by atoms with E-state index in [1.165, 1.54) is 11.1 Å². The molecule has 0 bridgehead atoms. The van der Waals surface area contributed by atoms with E-state index in [-0.39, 0.29) is 5.91 Å². The lowest BCUT2D eigenvalue weighted by atomic mass is 10.1. The first-order chi connectivity index (χ1) is 14.3. The van der Waals surface area contributed by atoms with Gasteiger partial charge in [-0.1, -0.05) is 42.5 Å². The van der Waals surface area contributed by atoms with Crippen LogP contribution in [0, 0.1) is 0 Å². The van der Waals surface area contributed by atoms with Crippen molar-refractivity contribution in [2.45, 2.75) is 13.0 Å². The molecule has 0 unspecified atom stereocenters. The first kappa shape index (κ1) is 18.4. The minimum Gasteiger partial charge on any atom is -0.493 e. The zero-order valence-corrected chi connectivity index (χ0v) is 17.2. The highest BCUT2D eigenvalue weighted by Gasteiger charge is 2.25. The molecule has 1 aromatic heterocycles. The van der Waals surface area contributed by atoms with E-state index >= 15 is 0 Å². The molecule has 0 radical (unpaired) electrons. The van der Waals surface area contributed by atoms with E-state index in [1.807, 2.05) is 28.5 Å². The van der Waals surface area contributed by atoms with Crippen molar-refractivity contribution in [3.63, 3.8) is 0 Å². The van der Waals surface area contributed by atoms with Gasteiger partial charge in [-0.3, -0.25) is 9.69 Å². The van der Waals surface area contributed by atoms with Gasteiger partial charge in [0.1, 0.15) is 5.75 Å². The van der Waals surface area contributed by atoms with Gasteiger partial charge in [-0.25, -0.2) is 0 Å². The standard InChI is InChI=1S/C24H24N2O2S/c27-24(23-21(9-15-29-23)19-4-2-1-3-5-19)26-12-10-25(11-13-26)17-18-6-7-22-20(16-18)8-14-28-22/h1-7,9,15-16H,8,10-14,17H2. The van der Waals surface area contributed by atoms with Crippen molar-refractivity contribution in [2.75, 3.05) is 32.8 Å². The molecule has 3 aromatic rings. The Bertz CT molecular complexity index is 1010. The van der Waals surface area contributed by atoms with Crippen LogP contribution < -0.4 is 4.74 Å². The summed E-state index contributed by atoms with van der Waals surface area (Å²) < 4.78 is 5.60. The largest absolute Gasteiger partial charge is 0.493 e. The van der Waals surface area contributed by atoms with Crippen LogP contribution in [0.2, 0.25) is 0 Å². The van der Waals surface area contributed by atoms with Crippen LogP contribution in [0.25, 0.3) is 11.1 Å². The summed E-state index contributed by atoms with van der Waals surface area (Å²) in [6, 6.07) is 18.8. The van der Waals surface area contributed by atoms with Gasteiger partial charge in [0, 0.05) is 44.7 Å². The van der Waals surface area contributed by atoms with Crippen molar-refractivity contribution in [1.29, 1.82) is 0 Å². The monoisotopic (exact) mass is 404 g/mol. The van der Waals surface area contributed by atoms with Gasteiger partial charge in [0.15, 0.2) is 0 Å². The quantitative estimate of drug-likeness (QED) is 0.650. The van der Waals surface area contributed by atoms with Crippen LogP contribution in [0.5, 0.6) is 5.75 Å². The van der Waals surface area contributed by atoms with E-state index in [1.54, 1.807) is 11.3 Å². The average molecular weight is 405 g/mol. The Balaban J connectivity index is 1.22. The predicted octanol–water partition coefficient (Wildman–Crippen LogP) is 4.31. The fraction of sp³-hybridized carbons (Fsp3) is 0.292. The van der Waals surface area contributed by atoms with E-state index < -0.39 is 0 Å². The third kappa shape index (κ3) is 3.80. The molecule has 148 valence electrons. The van der Waals surface area contributed by atoms with Crippen molar-refractivity contribution >= 4 is 17.2 Å². The molecule has 29 heavy (non-hydrogen) atoms. The molecular formula is C24H24N2O2S. The summed E-state index contributed by atoms with van der Waals surface area (Å²) in [5.74, 6) is 1.20. The van der Waals surface area contributed by atoms with Crippen molar-refractivity contribution in [3.8, 4) is 16.9 Å². The molecular weight excluding hydrogens is 380 g/mol. The van der Waals surface area contributed by atoms with Gasteiger partial charge in [-0.05, 0) is 34.2 Å². The third-order valence-corrected chi connectivity index (χ3v) is 6.67. The zero-order valence-electron chi connectivity index (χ0n) is 16.3. The lowest BCUT2D eigenvalue weighted by Gasteiger charge is -2.34. The second kappa shape index (κ2) is 8.01. The molecule has 2 aromatic carbocycles. The number of nitrogens with zero attached hydrogens (tertiary/aromatic N) is 2. The molecule has 4 nitrogen and oxygen atoms in total. The van der Waals surface area contributed by atoms with Gasteiger partial charge in [-0.2, -0.15) is 0 Å². The first-order valence-corrected chi connectivity index (χ1v) is 11.0. The maximum absolute atomic E-state index is 13.2. The number of thiophene rings is 1. The molecule has 0 aliphatic carbocycles. The zero-order chi connectivity index (χ0) is 19.6. The highest BCUT2D eigenvalue weighted by atomic mass is 32.1. The molecule has 0 saturated carbocycles. The number of ether oxygens (including phenoxy) is 1. The van der Waals surface area contributed by atoms with Gasteiger partial charge < -0.3 is 9.64 Å². The number of carbonyl (C=O) groups is 1. The molecule has 3 heterocycles. The number of carbonyl (C=O) groups excluding carboxylic acids is 1. The maximum atomic E-state index is 13.2. The van der Waals surface area contributed by atoms with Crippen LogP contribution in [0.4, 0.5) is 0 Å². The van der Waals surface area contributed by atoms with E-state index in [0.29, 0.717) is 0 Å². The normalized spacial score (nSPS) is 16.5. The summed E-state index contributed by atoms with van der Waals surface area (Å²) in [6.45, 7) is 5.10. The summed E-state index contributed by atoms with van der Waals surface area (Å²) >= 11 is 1.54. The minimum absolute atomic E-state index is 0.160. The van der Waals surface area contributed by atoms with Crippen molar-refractivity contribution in [1.82, 2.24) is 9.80 Å². The van der Waals surface area contributed by atoms with Crippen molar-refractivity contribution in [3.05, 3.63) is 76.0 Å². The molecule has 1 fully saturated rings. The number of fused-ring (bicyclic) bond motifs is 1. The second-order valence-corrected chi connectivity index (χ2v) is 8.55. The molecule has 0 N–H and O–H groups in total. The van der Waals surface area contributed by atoms with Crippen LogP contribution in [0.3, 0.4) is 0 Å². The van der Waals surface area contributed by atoms with Gasteiger partial charge in [0.2, 0.25) is 0 Å². The number of benzene rings is 2. The summed E-state index contributed by atoms with van der Waals surface area (Å²) in [5.41, 5.74) is 4.81. The summed E-state index contributed by atoms with van der Waals surface area (Å²) in [6.07, 6.45) is 1.01. The Morgan fingerprint density at radius 2 is 1.83 bits per heavy atom. The molecule has 5 rings (SSSR count). The Morgan fingerprint density at radius 1 is 1.00 bits per heavy atom. The summed E-state index contributed by atoms with van der Waals surface area (Å²) in [5, 5.41) is 2.02. The van der Waals surface area contributed by atoms with Crippen LogP contribution in [-0.2, 0) is 13.0 Å². The molecule has 0 spiro atoms. The van der Waals surface area contributed by atoms with E-state index in [4.69, 9.17) is 4.74 Å². The Kier molecular flexibility index (Phi) is 5.08. The first-order valence-electron chi connectivity index (χ1n) is 10.2. The highest BCUT2D eigenvalue weighted by molar-refractivity contribution is 7.12. The molecule has 2 aliphatic rings. The number of hydrogen-bond acceptors (Lipinski definition) is 4. The van der Waals surface area contributed by atoms with Gasteiger partial charge in [-0.15, -0.1) is 11.3 Å². The molecule has 5 heteroatoms. The molecule has 1 saturated heterocycles. The third-order valence-electron chi connectivity index (χ3n) is 5.76. The minimum atomic E-state index is 0.160. The molecule has 2 aliphatic heterocycles. The summed E-state index contributed by atoms with van der Waals surface area (Å²) in [4.78, 5) is 18.4. The van der Waals surface area contributed by atoms with Crippen LogP contribution in [0.1, 0.15) is 20.8 Å². The lowest BCUT2D eigenvalue weighted by molar-refractivity contribution is 0.0634. The Hall–Kier alpha value is -2.63. The molecule has 0 atom stereocenters. The van der Waals surface area contributed by atoms with Crippen LogP contribution in [0.15, 0.2) is 60.0 Å². The smallest absolute Gasteiger partial charge is 0.264 e. The Labute approximate surface area is 175 Å². The molecule has 1 amide bonds. The Morgan fingerprint density at radius 3 is 2.66 bits per heavy atom. The lowest BCUT2D eigenvalue weighted by Crippen LogP contribution is -2.48. The fourth-order valence-electron chi connectivity index (χ4n) is 4.17. The summed E-state index contributed by atoms with van der Waals surface area (Å²) in [7, 11) is 0. The van der Waals surface area contributed by atoms with Gasteiger partial charge in [0.25, 0.3) is 5.91 Å². The number of rotatable bonds is 4. The van der Waals surface area contributed by atoms with E-state index in [2.05, 4.69) is 41.3 Å².